The van der Waals surface area contributed by atoms with Crippen LogP contribution >= 0.6 is 0 Å². The molecule has 1 fully saturated rings. The molecule has 0 atom stereocenters. The van der Waals surface area contributed by atoms with Crippen LogP contribution in [0.2, 0.25) is 0 Å². The summed E-state index contributed by atoms with van der Waals surface area (Å²) in [7, 11) is 0. The van der Waals surface area contributed by atoms with E-state index in [4.69, 9.17) is 0 Å². The fourth-order valence-electron chi connectivity index (χ4n) is 4.46. The predicted molar refractivity (Wildman–Crippen MR) is 113 cm³/mol. The molecule has 2 aliphatic rings. The molecule has 2 heterocycles. The molecular formula is C24H32N2O2. The lowest BCUT2D eigenvalue weighted by Crippen LogP contribution is -2.54. The average Bonchev–Trinajstić information content (AvgIpc) is 2.73. The van der Waals surface area contributed by atoms with Crippen LogP contribution in [0.5, 0.6) is 0 Å². The molecule has 28 heavy (non-hydrogen) atoms. The molecular weight excluding hydrogens is 348 g/mol. The summed E-state index contributed by atoms with van der Waals surface area (Å²) < 4.78 is 0. The Morgan fingerprint density at radius 2 is 1.68 bits per heavy atom. The van der Waals surface area contributed by atoms with Crippen LogP contribution < -0.4 is 0 Å². The number of hydrogen-bond donors (Lipinski definition) is 0. The number of carbonyl (C=O) groups excluding carboxylic acids is 2. The standard InChI is InChI=1S/C24H32N2O2/c1-5-21(27)25-17-13-24(14-18-25,20-9-7-6-8-10-20)22(28)26-15-11-19(12-16-26)23(2,3)4/h5-11H,1,12-18H2,2-4H3. The van der Waals surface area contributed by atoms with Gasteiger partial charge in [-0.1, -0.05) is 69.3 Å². The molecule has 4 heteroatoms. The zero-order valence-corrected chi connectivity index (χ0v) is 17.4. The van der Waals surface area contributed by atoms with Crippen molar-refractivity contribution in [3.8, 4) is 0 Å². The minimum Gasteiger partial charge on any atom is -0.339 e. The van der Waals surface area contributed by atoms with Crippen molar-refractivity contribution in [2.45, 2.75) is 45.4 Å². The molecule has 0 radical (unpaired) electrons. The van der Waals surface area contributed by atoms with Gasteiger partial charge in [-0.15, -0.1) is 0 Å². The Morgan fingerprint density at radius 3 is 2.18 bits per heavy atom. The lowest BCUT2D eigenvalue weighted by atomic mass is 9.71. The minimum absolute atomic E-state index is 0.0511. The number of piperidine rings is 1. The van der Waals surface area contributed by atoms with Gasteiger partial charge in [-0.05, 0) is 36.3 Å². The largest absolute Gasteiger partial charge is 0.339 e. The van der Waals surface area contributed by atoms with Gasteiger partial charge < -0.3 is 9.80 Å². The van der Waals surface area contributed by atoms with Crippen LogP contribution in [-0.2, 0) is 15.0 Å². The molecule has 0 bridgehead atoms. The molecule has 0 spiro atoms. The Morgan fingerprint density at radius 1 is 1.04 bits per heavy atom. The molecule has 0 aliphatic carbocycles. The van der Waals surface area contributed by atoms with Crippen LogP contribution in [-0.4, -0.2) is 47.8 Å². The molecule has 1 aromatic rings. The average molecular weight is 381 g/mol. The van der Waals surface area contributed by atoms with Crippen molar-refractivity contribution in [3.63, 3.8) is 0 Å². The summed E-state index contributed by atoms with van der Waals surface area (Å²) in [5.41, 5.74) is 2.10. The summed E-state index contributed by atoms with van der Waals surface area (Å²) >= 11 is 0. The first-order valence-corrected chi connectivity index (χ1v) is 10.2. The number of rotatable bonds is 3. The third-order valence-electron chi connectivity index (χ3n) is 6.30. The molecule has 0 N–H and O–H groups in total. The van der Waals surface area contributed by atoms with Gasteiger partial charge >= 0.3 is 0 Å². The molecule has 150 valence electrons. The molecule has 1 saturated heterocycles. The van der Waals surface area contributed by atoms with Gasteiger partial charge in [0.25, 0.3) is 0 Å². The highest BCUT2D eigenvalue weighted by Crippen LogP contribution is 2.39. The third kappa shape index (κ3) is 3.91. The summed E-state index contributed by atoms with van der Waals surface area (Å²) in [6, 6.07) is 10.1. The summed E-state index contributed by atoms with van der Waals surface area (Å²) in [6.07, 6.45) is 5.84. The smallest absolute Gasteiger partial charge is 0.245 e. The van der Waals surface area contributed by atoms with Crippen molar-refractivity contribution < 1.29 is 9.59 Å². The second kappa shape index (κ2) is 7.94. The van der Waals surface area contributed by atoms with Gasteiger partial charge in [0.2, 0.25) is 11.8 Å². The molecule has 0 unspecified atom stereocenters. The van der Waals surface area contributed by atoms with Crippen LogP contribution in [0.15, 0.2) is 54.6 Å². The van der Waals surface area contributed by atoms with Crippen molar-refractivity contribution in [1.82, 2.24) is 9.80 Å². The molecule has 0 saturated carbocycles. The zero-order valence-electron chi connectivity index (χ0n) is 17.4. The SMILES string of the molecule is C=CC(=O)N1CCC(C(=O)N2CC=C(C(C)(C)C)CC2)(c2ccccc2)CC1. The second-order valence-electron chi connectivity index (χ2n) is 8.96. The maximum Gasteiger partial charge on any atom is 0.245 e. The van der Waals surface area contributed by atoms with Gasteiger partial charge in [0.05, 0.1) is 5.41 Å². The highest BCUT2D eigenvalue weighted by Gasteiger charge is 2.45. The quantitative estimate of drug-likeness (QED) is 0.589. The predicted octanol–water partition coefficient (Wildman–Crippen LogP) is 3.94. The van der Waals surface area contributed by atoms with Crippen LogP contribution in [0.1, 0.15) is 45.6 Å². The Hall–Kier alpha value is -2.36. The van der Waals surface area contributed by atoms with E-state index in [-0.39, 0.29) is 17.2 Å². The normalized spacial score (nSPS) is 19.8. The summed E-state index contributed by atoms with van der Waals surface area (Å²) in [4.78, 5) is 29.6. The Kier molecular flexibility index (Phi) is 5.78. The number of amides is 2. The number of hydrogen-bond acceptors (Lipinski definition) is 2. The van der Waals surface area contributed by atoms with E-state index < -0.39 is 5.41 Å². The number of benzene rings is 1. The summed E-state index contributed by atoms with van der Waals surface area (Å²) in [6.45, 7) is 12.9. The lowest BCUT2D eigenvalue weighted by Gasteiger charge is -2.44. The highest BCUT2D eigenvalue weighted by atomic mass is 16.2. The van der Waals surface area contributed by atoms with Crippen LogP contribution in [0.4, 0.5) is 0 Å². The van der Waals surface area contributed by atoms with Crippen molar-refractivity contribution in [3.05, 3.63) is 60.2 Å². The monoisotopic (exact) mass is 380 g/mol. The maximum atomic E-state index is 13.8. The van der Waals surface area contributed by atoms with Crippen molar-refractivity contribution >= 4 is 11.8 Å². The number of likely N-dealkylation sites (tertiary alicyclic amines) is 1. The van der Waals surface area contributed by atoms with E-state index in [9.17, 15) is 9.59 Å². The van der Waals surface area contributed by atoms with E-state index in [1.165, 1.54) is 11.6 Å². The Balaban J connectivity index is 1.85. The van der Waals surface area contributed by atoms with E-state index in [1.54, 1.807) is 4.90 Å². The van der Waals surface area contributed by atoms with E-state index in [0.29, 0.717) is 32.5 Å². The van der Waals surface area contributed by atoms with E-state index >= 15 is 0 Å². The minimum atomic E-state index is -0.549. The van der Waals surface area contributed by atoms with E-state index in [1.807, 2.05) is 23.1 Å². The molecule has 2 aliphatic heterocycles. The van der Waals surface area contributed by atoms with Crippen molar-refractivity contribution in [2.24, 2.45) is 5.41 Å². The summed E-state index contributed by atoms with van der Waals surface area (Å²) in [5.74, 6) is 0.151. The molecule has 1 aromatic carbocycles. The van der Waals surface area contributed by atoms with Crippen molar-refractivity contribution in [1.29, 1.82) is 0 Å². The Labute approximate surface area is 168 Å². The Bertz CT molecular complexity index is 766. The van der Waals surface area contributed by atoms with E-state index in [2.05, 4.69) is 45.6 Å². The topological polar surface area (TPSA) is 40.6 Å². The molecule has 3 rings (SSSR count). The number of carbonyl (C=O) groups is 2. The summed E-state index contributed by atoms with van der Waals surface area (Å²) in [5, 5.41) is 0. The lowest BCUT2D eigenvalue weighted by molar-refractivity contribution is -0.141. The fraction of sp³-hybridized carbons (Fsp3) is 0.500. The number of nitrogens with zero attached hydrogens (tertiary/aromatic N) is 2. The van der Waals surface area contributed by atoms with Gasteiger partial charge in [-0.25, -0.2) is 0 Å². The van der Waals surface area contributed by atoms with E-state index in [0.717, 1.165) is 18.5 Å². The highest BCUT2D eigenvalue weighted by molar-refractivity contribution is 5.90. The van der Waals surface area contributed by atoms with Crippen LogP contribution in [0.25, 0.3) is 0 Å². The first kappa shape index (κ1) is 20.4. The maximum absolute atomic E-state index is 13.8. The first-order valence-electron chi connectivity index (χ1n) is 10.2. The van der Waals surface area contributed by atoms with Crippen LogP contribution in [0, 0.1) is 5.41 Å². The third-order valence-corrected chi connectivity index (χ3v) is 6.30. The van der Waals surface area contributed by atoms with Gasteiger partial charge in [-0.3, -0.25) is 9.59 Å². The van der Waals surface area contributed by atoms with Crippen molar-refractivity contribution in [2.75, 3.05) is 26.2 Å². The van der Waals surface area contributed by atoms with Gasteiger partial charge in [0.1, 0.15) is 0 Å². The first-order chi connectivity index (χ1) is 13.3. The van der Waals surface area contributed by atoms with Gasteiger partial charge in [0, 0.05) is 26.2 Å². The van der Waals surface area contributed by atoms with Gasteiger partial charge in [0.15, 0.2) is 0 Å². The zero-order chi connectivity index (χ0) is 20.4. The molecule has 0 aromatic heterocycles. The fourth-order valence-corrected chi connectivity index (χ4v) is 4.46. The molecule has 2 amide bonds. The van der Waals surface area contributed by atoms with Gasteiger partial charge in [-0.2, -0.15) is 0 Å². The second-order valence-corrected chi connectivity index (χ2v) is 8.96. The van der Waals surface area contributed by atoms with Crippen LogP contribution in [0.3, 0.4) is 0 Å². The molecule has 4 nitrogen and oxygen atoms in total.